The minimum absolute atomic E-state index is 0.00690. The second-order valence-corrected chi connectivity index (χ2v) is 17.3. The first-order chi connectivity index (χ1) is 30.5. The summed E-state index contributed by atoms with van der Waals surface area (Å²) in [5.74, 6) is -6.60. The van der Waals surface area contributed by atoms with E-state index in [-0.39, 0.29) is 58.6 Å². The van der Waals surface area contributed by atoms with Crippen molar-refractivity contribution in [1.82, 2.24) is 10.6 Å². The molecule has 1 heterocycles. The molecule has 0 aromatic heterocycles. The van der Waals surface area contributed by atoms with Gasteiger partial charge in [-0.1, -0.05) is 89.8 Å². The molecule has 2 aromatic rings. The van der Waals surface area contributed by atoms with E-state index in [0.717, 1.165) is 25.7 Å². The Bertz CT molecular complexity index is 2130. The Morgan fingerprint density at radius 2 is 1.53 bits per heavy atom. The normalized spacial score (nSPS) is 23.1. The van der Waals surface area contributed by atoms with Gasteiger partial charge in [0.1, 0.15) is 29.8 Å². The van der Waals surface area contributed by atoms with E-state index >= 15 is 0 Å². The Morgan fingerprint density at radius 1 is 0.891 bits per heavy atom. The molecule has 8 N–H and O–H groups in total. The van der Waals surface area contributed by atoms with Crippen LogP contribution in [0.1, 0.15) is 172 Å². The van der Waals surface area contributed by atoms with Crippen LogP contribution in [-0.4, -0.2) is 109 Å². The molecule has 5 rings (SSSR count). The van der Waals surface area contributed by atoms with Crippen LogP contribution < -0.4 is 10.6 Å². The van der Waals surface area contributed by atoms with Crippen molar-refractivity contribution in [3.63, 3.8) is 0 Å². The molecular formula is C48H64N2O14. The molecule has 1 saturated heterocycles. The number of phenolic OH excluding ortho intramolecular Hbond substituents is 2. The number of benzene rings is 2. The number of nitrogens with one attached hydrogen (secondary N) is 2. The maximum atomic E-state index is 14.1. The van der Waals surface area contributed by atoms with Crippen LogP contribution in [0.15, 0.2) is 29.3 Å². The number of hydrogen-bond acceptors (Lipinski definition) is 13. The number of hydrogen-bond donors (Lipinski definition) is 8. The number of aliphatic carboxylic acids is 1. The molecule has 6 atom stereocenters. The molecule has 0 bridgehead atoms. The molecule has 0 spiro atoms. The maximum Gasteiger partial charge on any atom is 0.331 e. The van der Waals surface area contributed by atoms with Gasteiger partial charge in [0, 0.05) is 65.6 Å². The SMILES string of the molecule is CCCCCCCCCCCCNC(=O)CC/C(C(=O)N[C@@H]1CC(O[C@@H]2C[C@](O)(C(=O)CO)Cc3c(O)c4c(c(O)c32)C(=O)c2c(CC)cccc2C4=O)O[C@H](C)[C@@H]1O)=C(\C)C(=O)O. The van der Waals surface area contributed by atoms with E-state index in [4.69, 9.17) is 9.47 Å². The number of ether oxygens (including phenoxy) is 2. The van der Waals surface area contributed by atoms with Gasteiger partial charge in [0.05, 0.1) is 29.4 Å². The molecule has 64 heavy (non-hydrogen) atoms. The molecule has 3 aliphatic rings. The Morgan fingerprint density at radius 3 is 2.16 bits per heavy atom. The molecule has 1 unspecified atom stereocenters. The predicted octanol–water partition coefficient (Wildman–Crippen LogP) is 4.93. The third-order valence-corrected chi connectivity index (χ3v) is 12.9. The Hall–Kier alpha value is -5.00. The van der Waals surface area contributed by atoms with E-state index in [2.05, 4.69) is 17.6 Å². The van der Waals surface area contributed by atoms with E-state index in [1.54, 1.807) is 19.1 Å². The van der Waals surface area contributed by atoms with Crippen molar-refractivity contribution in [2.75, 3.05) is 13.2 Å². The van der Waals surface area contributed by atoms with Gasteiger partial charge in [-0.15, -0.1) is 0 Å². The number of aliphatic hydroxyl groups excluding tert-OH is 2. The van der Waals surface area contributed by atoms with Crippen molar-refractivity contribution in [3.8, 4) is 11.5 Å². The third kappa shape index (κ3) is 11.1. The van der Waals surface area contributed by atoms with Crippen molar-refractivity contribution < 1.29 is 68.9 Å². The molecule has 350 valence electrons. The smallest absolute Gasteiger partial charge is 0.331 e. The van der Waals surface area contributed by atoms with Crippen LogP contribution in [0.5, 0.6) is 11.5 Å². The number of ketones is 3. The van der Waals surface area contributed by atoms with E-state index in [1.165, 1.54) is 58.4 Å². The number of carboxylic acids is 1. The average Bonchev–Trinajstić information content (AvgIpc) is 3.26. The van der Waals surface area contributed by atoms with Gasteiger partial charge in [-0.05, 0) is 38.7 Å². The number of aliphatic hydroxyl groups is 3. The summed E-state index contributed by atoms with van der Waals surface area (Å²) in [6.07, 6.45) is 4.58. The second-order valence-electron chi connectivity index (χ2n) is 17.3. The predicted molar refractivity (Wildman–Crippen MR) is 233 cm³/mol. The summed E-state index contributed by atoms with van der Waals surface area (Å²) in [6, 6.07) is 3.54. The number of carbonyl (C=O) groups excluding carboxylic acids is 5. The number of Topliss-reactive ketones (excluding diaryl/α,β-unsaturated/α-hetero) is 1. The van der Waals surface area contributed by atoms with E-state index in [0.29, 0.717) is 18.5 Å². The van der Waals surface area contributed by atoms with Gasteiger partial charge < -0.3 is 50.7 Å². The minimum atomic E-state index is -2.39. The van der Waals surface area contributed by atoms with Crippen molar-refractivity contribution in [1.29, 1.82) is 0 Å². The summed E-state index contributed by atoms with van der Waals surface area (Å²) in [5, 5.41) is 71.6. The fraction of sp³-hybridized carbons (Fsp3) is 0.583. The first-order valence-corrected chi connectivity index (χ1v) is 22.7. The number of phenols is 2. The quantitative estimate of drug-likeness (QED) is 0.0378. The molecule has 2 aliphatic carbocycles. The zero-order valence-corrected chi connectivity index (χ0v) is 37.3. The molecule has 1 aliphatic heterocycles. The third-order valence-electron chi connectivity index (χ3n) is 12.9. The summed E-state index contributed by atoms with van der Waals surface area (Å²) in [6.45, 7) is 6.04. The number of unbranched alkanes of at least 4 members (excludes halogenated alkanes) is 9. The van der Waals surface area contributed by atoms with Gasteiger partial charge in [-0.3, -0.25) is 24.0 Å². The first kappa shape index (κ1) is 50.0. The highest BCUT2D eigenvalue weighted by Gasteiger charge is 2.50. The molecule has 0 radical (unpaired) electrons. The van der Waals surface area contributed by atoms with E-state index in [1.807, 2.05) is 0 Å². The molecular weight excluding hydrogens is 829 g/mol. The summed E-state index contributed by atoms with van der Waals surface area (Å²) < 4.78 is 12.2. The molecule has 16 nitrogen and oxygen atoms in total. The number of rotatable bonds is 22. The fourth-order valence-electron chi connectivity index (χ4n) is 9.11. The van der Waals surface area contributed by atoms with Crippen molar-refractivity contribution in [2.45, 2.75) is 167 Å². The lowest BCUT2D eigenvalue weighted by atomic mass is 9.71. The largest absolute Gasteiger partial charge is 0.507 e. The minimum Gasteiger partial charge on any atom is -0.507 e. The van der Waals surface area contributed by atoms with Gasteiger partial charge >= 0.3 is 5.97 Å². The van der Waals surface area contributed by atoms with Crippen LogP contribution in [0.3, 0.4) is 0 Å². The van der Waals surface area contributed by atoms with E-state index in [9.17, 15) is 59.4 Å². The number of aromatic hydroxyl groups is 2. The topological polar surface area (TPSA) is 266 Å². The highest BCUT2D eigenvalue weighted by molar-refractivity contribution is 6.31. The van der Waals surface area contributed by atoms with Crippen LogP contribution in [-0.2, 0) is 41.5 Å². The van der Waals surface area contributed by atoms with Gasteiger partial charge in [0.15, 0.2) is 23.6 Å². The molecule has 2 aromatic carbocycles. The lowest BCUT2D eigenvalue weighted by Crippen LogP contribution is -2.56. The second kappa shape index (κ2) is 22.3. The van der Waals surface area contributed by atoms with E-state index < -0.39 is 108 Å². The van der Waals surface area contributed by atoms with Gasteiger partial charge in [0.25, 0.3) is 0 Å². The highest BCUT2D eigenvalue weighted by atomic mass is 16.7. The number of carbonyl (C=O) groups is 6. The number of fused-ring (bicyclic) bond motifs is 3. The summed E-state index contributed by atoms with van der Waals surface area (Å²) in [7, 11) is 0. The lowest BCUT2D eigenvalue weighted by Gasteiger charge is -2.43. The molecule has 1 fully saturated rings. The number of aryl methyl sites for hydroxylation is 1. The van der Waals surface area contributed by atoms with Crippen LogP contribution in [0.2, 0.25) is 0 Å². The molecule has 2 amide bonds. The summed E-state index contributed by atoms with van der Waals surface area (Å²) in [4.78, 5) is 79.6. The first-order valence-electron chi connectivity index (χ1n) is 22.7. The van der Waals surface area contributed by atoms with Crippen LogP contribution in [0.4, 0.5) is 0 Å². The Kier molecular flexibility index (Phi) is 17.4. The molecule has 16 heteroatoms. The van der Waals surface area contributed by atoms with Crippen molar-refractivity contribution in [2.24, 2.45) is 0 Å². The lowest BCUT2D eigenvalue weighted by molar-refractivity contribution is -0.249. The van der Waals surface area contributed by atoms with Crippen LogP contribution in [0.25, 0.3) is 0 Å². The zero-order valence-electron chi connectivity index (χ0n) is 37.3. The highest BCUT2D eigenvalue weighted by Crippen LogP contribution is 2.52. The van der Waals surface area contributed by atoms with Gasteiger partial charge in [0.2, 0.25) is 11.8 Å². The Balaban J connectivity index is 1.31. The van der Waals surface area contributed by atoms with Gasteiger partial charge in [-0.25, -0.2) is 4.79 Å². The van der Waals surface area contributed by atoms with Crippen molar-refractivity contribution >= 4 is 35.1 Å². The maximum absolute atomic E-state index is 14.1. The van der Waals surface area contributed by atoms with Crippen LogP contribution in [0, 0.1) is 0 Å². The Labute approximate surface area is 373 Å². The summed E-state index contributed by atoms with van der Waals surface area (Å²) in [5.41, 5.74) is -3.74. The fourth-order valence-corrected chi connectivity index (χ4v) is 9.11. The zero-order chi connectivity index (χ0) is 46.9. The monoisotopic (exact) mass is 892 g/mol. The summed E-state index contributed by atoms with van der Waals surface area (Å²) >= 11 is 0. The van der Waals surface area contributed by atoms with Crippen LogP contribution >= 0.6 is 0 Å². The van der Waals surface area contributed by atoms with Gasteiger partial charge in [-0.2, -0.15) is 0 Å². The number of amides is 2. The number of carboxylic acid groups (broad SMARTS) is 1. The average molecular weight is 893 g/mol. The van der Waals surface area contributed by atoms with Crippen molar-refractivity contribution in [3.05, 3.63) is 68.3 Å². The molecule has 0 saturated carbocycles. The standard InChI is InChI=1S/C48H64N2O14/c1-5-7-8-9-10-11-12-13-14-15-21-49-35(53)20-19-29(26(3)47(60)61)46(59)50-32-22-36(63-27(4)41(32)54)64-33-24-48(62,34(52)25-51)23-31-38(33)45(58)40-39(43(31)56)42(55)30-18-16-17-28(6-2)37(30)44(40)57/h16-18,27,32-33,36,41,51,54,56,58,62H,5-15,19-25H2,1-4H3,(H,49,53)(H,50,59)(H,60,61)/b29-26-/t27-,32-,33-,36?,41+,48+/m1/s1.